The number of hydrogen-bond donors (Lipinski definition) is 2. The van der Waals surface area contributed by atoms with Gasteiger partial charge in [-0.05, 0) is 66.4 Å². The van der Waals surface area contributed by atoms with E-state index < -0.39 is 11.9 Å². The number of rotatable bonds is 7. The van der Waals surface area contributed by atoms with Gasteiger partial charge in [0.25, 0.3) is 5.92 Å². The number of pyridine rings is 1. The minimum atomic E-state index is -2.58. The summed E-state index contributed by atoms with van der Waals surface area (Å²) in [6, 6.07) is 15.6. The first-order valence-corrected chi connectivity index (χ1v) is 11.3. The van der Waals surface area contributed by atoms with Crippen molar-refractivity contribution in [3.63, 3.8) is 0 Å². The van der Waals surface area contributed by atoms with Crippen LogP contribution < -0.4 is 15.1 Å². The molecule has 2 heterocycles. The summed E-state index contributed by atoms with van der Waals surface area (Å²) in [5.41, 5.74) is 6.19. The Hall–Kier alpha value is -3.68. The number of alkyl halides is 2. The third-order valence-electron chi connectivity index (χ3n) is 6.75. The summed E-state index contributed by atoms with van der Waals surface area (Å²) in [5, 5.41) is 12.6. The number of carboxylic acids is 1. The van der Waals surface area contributed by atoms with Gasteiger partial charge in [-0.2, -0.15) is 0 Å². The number of nitrogens with one attached hydrogen (secondary N) is 1. The van der Waals surface area contributed by atoms with E-state index in [1.807, 2.05) is 31.3 Å². The van der Waals surface area contributed by atoms with Gasteiger partial charge in [0, 0.05) is 42.8 Å². The SMILES string of the molecule is CN(c1ccc(N2CC(F)(F)C2)cc1)c1ccc2c(c1)CC[C@H]2CNc1cnccc1C(=O)O. The van der Waals surface area contributed by atoms with Crippen molar-refractivity contribution < 1.29 is 18.7 Å². The average Bonchev–Trinajstić information content (AvgIpc) is 3.23. The van der Waals surface area contributed by atoms with Crippen LogP contribution in [0, 0.1) is 0 Å². The van der Waals surface area contributed by atoms with Crippen molar-refractivity contribution >= 4 is 28.7 Å². The molecule has 34 heavy (non-hydrogen) atoms. The third-order valence-corrected chi connectivity index (χ3v) is 6.75. The van der Waals surface area contributed by atoms with Crippen LogP contribution in [0.3, 0.4) is 0 Å². The van der Waals surface area contributed by atoms with Gasteiger partial charge in [-0.15, -0.1) is 0 Å². The number of hydrogen-bond acceptors (Lipinski definition) is 5. The summed E-state index contributed by atoms with van der Waals surface area (Å²) >= 11 is 0. The van der Waals surface area contributed by atoms with Crippen LogP contribution >= 0.6 is 0 Å². The first kappa shape index (κ1) is 22.1. The molecular weight excluding hydrogens is 438 g/mol. The molecule has 0 amide bonds. The van der Waals surface area contributed by atoms with Crippen molar-refractivity contribution in [3.05, 3.63) is 77.6 Å². The van der Waals surface area contributed by atoms with E-state index in [0.29, 0.717) is 18.2 Å². The molecular formula is C26H26F2N4O2. The van der Waals surface area contributed by atoms with Gasteiger partial charge in [0.15, 0.2) is 0 Å². The summed E-state index contributed by atoms with van der Waals surface area (Å²) in [5.74, 6) is -3.26. The Morgan fingerprint density at radius 3 is 2.62 bits per heavy atom. The Kier molecular flexibility index (Phi) is 5.59. The summed E-state index contributed by atoms with van der Waals surface area (Å²) in [6.45, 7) is 0.202. The van der Waals surface area contributed by atoms with E-state index in [0.717, 1.165) is 29.9 Å². The largest absolute Gasteiger partial charge is 0.478 e. The smallest absolute Gasteiger partial charge is 0.337 e. The Balaban J connectivity index is 1.25. The van der Waals surface area contributed by atoms with Crippen molar-refractivity contribution in [2.45, 2.75) is 24.7 Å². The molecule has 0 spiro atoms. The minimum absolute atomic E-state index is 0.221. The lowest BCUT2D eigenvalue weighted by molar-refractivity contribution is -0.0262. The topological polar surface area (TPSA) is 68.7 Å². The van der Waals surface area contributed by atoms with E-state index in [4.69, 9.17) is 0 Å². The van der Waals surface area contributed by atoms with Crippen LogP contribution in [-0.4, -0.2) is 48.7 Å². The fourth-order valence-electron chi connectivity index (χ4n) is 4.80. The zero-order valence-corrected chi connectivity index (χ0v) is 18.8. The molecule has 1 atom stereocenters. The second-order valence-corrected chi connectivity index (χ2v) is 9.01. The van der Waals surface area contributed by atoms with Crippen LogP contribution in [0.5, 0.6) is 0 Å². The zero-order chi connectivity index (χ0) is 23.9. The van der Waals surface area contributed by atoms with Crippen LogP contribution in [0.15, 0.2) is 60.9 Å². The molecule has 0 bridgehead atoms. The molecule has 8 heteroatoms. The van der Waals surface area contributed by atoms with Crippen LogP contribution in [0.1, 0.15) is 33.8 Å². The Bertz CT molecular complexity index is 1210. The first-order chi connectivity index (χ1) is 16.3. The predicted molar refractivity (Wildman–Crippen MR) is 129 cm³/mol. The fraction of sp³-hybridized carbons (Fsp3) is 0.308. The molecule has 5 rings (SSSR count). The Morgan fingerprint density at radius 2 is 1.91 bits per heavy atom. The van der Waals surface area contributed by atoms with Crippen LogP contribution in [0.25, 0.3) is 0 Å². The molecule has 0 saturated carbocycles. The van der Waals surface area contributed by atoms with Gasteiger partial charge in [0.1, 0.15) is 0 Å². The summed E-state index contributed by atoms with van der Waals surface area (Å²) < 4.78 is 26.3. The Labute approximate surface area is 196 Å². The first-order valence-electron chi connectivity index (χ1n) is 11.3. The third kappa shape index (κ3) is 4.27. The predicted octanol–water partition coefficient (Wildman–Crippen LogP) is 5.14. The van der Waals surface area contributed by atoms with Crippen molar-refractivity contribution in [2.75, 3.05) is 41.8 Å². The monoisotopic (exact) mass is 464 g/mol. The summed E-state index contributed by atoms with van der Waals surface area (Å²) in [6.07, 6.45) is 4.99. The number of aromatic nitrogens is 1. The van der Waals surface area contributed by atoms with E-state index in [1.54, 1.807) is 11.1 Å². The van der Waals surface area contributed by atoms with Gasteiger partial charge in [-0.25, -0.2) is 13.6 Å². The number of anilines is 4. The lowest BCUT2D eigenvalue weighted by Gasteiger charge is -2.40. The molecule has 1 aromatic heterocycles. The number of nitrogens with zero attached hydrogens (tertiary/aromatic N) is 3. The molecule has 2 aromatic carbocycles. The molecule has 3 aromatic rings. The van der Waals surface area contributed by atoms with E-state index in [-0.39, 0.29) is 18.7 Å². The number of benzene rings is 2. The van der Waals surface area contributed by atoms with Gasteiger partial charge in [0.05, 0.1) is 30.5 Å². The Morgan fingerprint density at radius 1 is 1.18 bits per heavy atom. The van der Waals surface area contributed by atoms with Gasteiger partial charge >= 0.3 is 5.97 Å². The van der Waals surface area contributed by atoms with Gasteiger partial charge < -0.3 is 20.2 Å². The van der Waals surface area contributed by atoms with Crippen LogP contribution in [0.2, 0.25) is 0 Å². The highest BCUT2D eigenvalue weighted by molar-refractivity contribution is 5.93. The second kappa shape index (κ2) is 8.59. The summed E-state index contributed by atoms with van der Waals surface area (Å²) in [4.78, 5) is 19.2. The zero-order valence-electron chi connectivity index (χ0n) is 18.8. The number of carboxylic acid groups (broad SMARTS) is 1. The highest BCUT2D eigenvalue weighted by Gasteiger charge is 2.43. The quantitative estimate of drug-likeness (QED) is 0.504. The van der Waals surface area contributed by atoms with Gasteiger partial charge in [0.2, 0.25) is 0 Å². The molecule has 2 N–H and O–H groups in total. The van der Waals surface area contributed by atoms with Crippen molar-refractivity contribution in [2.24, 2.45) is 0 Å². The molecule has 1 saturated heterocycles. The normalized spacial score (nSPS) is 18.2. The molecule has 0 unspecified atom stereocenters. The van der Waals surface area contributed by atoms with Crippen molar-refractivity contribution in [1.82, 2.24) is 4.98 Å². The average molecular weight is 465 g/mol. The number of halogens is 2. The number of fused-ring (bicyclic) bond motifs is 1. The molecule has 1 aliphatic heterocycles. The standard InChI is InChI=1S/C26H26F2N4O2/c1-31(19-4-6-20(7-5-19)32-15-26(27,28)16-32)21-8-9-22-17(12-21)2-3-18(22)13-30-24-14-29-11-10-23(24)25(33)34/h4-12,14,18,30H,2-3,13,15-16H2,1H3,(H,33,34)/t18-/m0/s1. The molecule has 2 aliphatic rings. The number of aryl methyl sites for hydroxylation is 1. The van der Waals surface area contributed by atoms with Crippen LogP contribution in [-0.2, 0) is 6.42 Å². The maximum atomic E-state index is 13.1. The van der Waals surface area contributed by atoms with Gasteiger partial charge in [-0.3, -0.25) is 4.98 Å². The fourth-order valence-corrected chi connectivity index (χ4v) is 4.80. The minimum Gasteiger partial charge on any atom is -0.478 e. The highest BCUT2D eigenvalue weighted by Crippen LogP contribution is 2.38. The highest BCUT2D eigenvalue weighted by atomic mass is 19.3. The molecule has 1 fully saturated rings. The summed E-state index contributed by atoms with van der Waals surface area (Å²) in [7, 11) is 2.00. The second-order valence-electron chi connectivity index (χ2n) is 9.01. The van der Waals surface area contributed by atoms with E-state index in [1.165, 1.54) is 23.4 Å². The molecule has 176 valence electrons. The maximum Gasteiger partial charge on any atom is 0.337 e. The van der Waals surface area contributed by atoms with Gasteiger partial charge in [-0.1, -0.05) is 6.07 Å². The number of aromatic carboxylic acids is 1. The lowest BCUT2D eigenvalue weighted by atomic mass is 10.0. The molecule has 0 radical (unpaired) electrons. The molecule has 6 nitrogen and oxygen atoms in total. The number of carbonyl (C=O) groups is 1. The van der Waals surface area contributed by atoms with Crippen LogP contribution in [0.4, 0.5) is 31.5 Å². The lowest BCUT2D eigenvalue weighted by Crippen LogP contribution is -2.56. The van der Waals surface area contributed by atoms with E-state index in [9.17, 15) is 18.7 Å². The molecule has 1 aliphatic carbocycles. The van der Waals surface area contributed by atoms with Crippen molar-refractivity contribution in [1.29, 1.82) is 0 Å². The van der Waals surface area contributed by atoms with E-state index >= 15 is 0 Å². The maximum absolute atomic E-state index is 13.1. The van der Waals surface area contributed by atoms with Crippen molar-refractivity contribution in [3.8, 4) is 0 Å². The van der Waals surface area contributed by atoms with E-state index in [2.05, 4.69) is 33.4 Å².